The molecule has 126 valence electrons. The Balaban J connectivity index is 1.51. The summed E-state index contributed by atoms with van der Waals surface area (Å²) in [5.74, 6) is 0.0541. The van der Waals surface area contributed by atoms with Crippen molar-refractivity contribution in [3.05, 3.63) is 35.9 Å². The van der Waals surface area contributed by atoms with Crippen LogP contribution >= 0.6 is 0 Å². The third-order valence-corrected chi connectivity index (χ3v) is 4.62. The van der Waals surface area contributed by atoms with Crippen LogP contribution in [-0.4, -0.2) is 61.6 Å². The maximum atomic E-state index is 12.6. The summed E-state index contributed by atoms with van der Waals surface area (Å²) in [6, 6.07) is 10.5. The number of amides is 1. The highest BCUT2D eigenvalue weighted by Crippen LogP contribution is 2.27. The first-order valence-corrected chi connectivity index (χ1v) is 8.42. The Morgan fingerprint density at radius 2 is 1.87 bits per heavy atom. The molecule has 2 aliphatic rings. The van der Waals surface area contributed by atoms with Crippen LogP contribution in [0, 0.1) is 0 Å². The largest absolute Gasteiger partial charge is 0.348 e. The van der Waals surface area contributed by atoms with Gasteiger partial charge in [-0.2, -0.15) is 0 Å². The highest BCUT2D eigenvalue weighted by Gasteiger charge is 2.32. The van der Waals surface area contributed by atoms with Gasteiger partial charge in [0.05, 0.1) is 6.61 Å². The van der Waals surface area contributed by atoms with Gasteiger partial charge in [-0.3, -0.25) is 4.79 Å². The van der Waals surface area contributed by atoms with E-state index in [0.717, 1.165) is 24.7 Å². The molecule has 2 atom stereocenters. The Morgan fingerprint density at radius 3 is 2.57 bits per heavy atom. The van der Waals surface area contributed by atoms with Crippen LogP contribution < -0.4 is 0 Å². The quantitative estimate of drug-likeness (QED) is 0.805. The minimum Gasteiger partial charge on any atom is -0.348 e. The first kappa shape index (κ1) is 16.4. The van der Waals surface area contributed by atoms with E-state index in [-0.39, 0.29) is 5.91 Å². The van der Waals surface area contributed by atoms with Crippen molar-refractivity contribution in [2.24, 2.45) is 0 Å². The lowest BCUT2D eigenvalue weighted by molar-refractivity contribution is -0.220. The minimum atomic E-state index is -0.443. The third kappa shape index (κ3) is 4.31. The molecule has 0 aromatic heterocycles. The molecule has 1 heterocycles. The minimum absolute atomic E-state index is 0.0541. The number of rotatable bonds is 6. The summed E-state index contributed by atoms with van der Waals surface area (Å²) in [6.07, 6.45) is 2.34. The Bertz CT molecular complexity index is 518. The zero-order valence-electron chi connectivity index (χ0n) is 14.0. The van der Waals surface area contributed by atoms with Gasteiger partial charge in [-0.1, -0.05) is 30.3 Å². The smallest absolute Gasteiger partial charge is 0.251 e. The molecule has 1 aliphatic heterocycles. The van der Waals surface area contributed by atoms with Gasteiger partial charge in [0.1, 0.15) is 6.10 Å². The van der Waals surface area contributed by atoms with Gasteiger partial charge >= 0.3 is 0 Å². The van der Waals surface area contributed by atoms with E-state index in [0.29, 0.717) is 13.0 Å². The summed E-state index contributed by atoms with van der Waals surface area (Å²) in [5, 5.41) is 0. The maximum Gasteiger partial charge on any atom is 0.251 e. The van der Waals surface area contributed by atoms with Gasteiger partial charge in [0.25, 0.3) is 5.91 Å². The number of carbonyl (C=O) groups excluding carboxylic acids is 1. The van der Waals surface area contributed by atoms with E-state index in [2.05, 4.69) is 11.9 Å². The van der Waals surface area contributed by atoms with Crippen molar-refractivity contribution in [2.75, 3.05) is 33.8 Å². The molecule has 0 bridgehead atoms. The average Bonchev–Trinajstić information content (AvgIpc) is 3.45. The molecule has 5 heteroatoms. The van der Waals surface area contributed by atoms with E-state index >= 15 is 0 Å². The molecule has 1 aliphatic carbocycles. The fourth-order valence-corrected chi connectivity index (χ4v) is 2.87. The van der Waals surface area contributed by atoms with Crippen molar-refractivity contribution < 1.29 is 14.3 Å². The summed E-state index contributed by atoms with van der Waals surface area (Å²) in [6.45, 7) is 2.20. The molecular weight excluding hydrogens is 292 g/mol. The van der Waals surface area contributed by atoms with Crippen LogP contribution in [0.5, 0.6) is 0 Å². The van der Waals surface area contributed by atoms with Crippen LogP contribution in [0.25, 0.3) is 0 Å². The normalized spacial score (nSPS) is 24.7. The second-order valence-electron chi connectivity index (χ2n) is 6.50. The second-order valence-corrected chi connectivity index (χ2v) is 6.50. The number of benzene rings is 1. The van der Waals surface area contributed by atoms with Crippen molar-refractivity contribution in [3.8, 4) is 0 Å². The highest BCUT2D eigenvalue weighted by atomic mass is 16.7. The van der Waals surface area contributed by atoms with Crippen molar-refractivity contribution in [1.82, 2.24) is 9.80 Å². The SMILES string of the molecule is CN(CCN(C)C1CC1)C(=O)[C@H]1CCO[C@@H](c2ccccc2)O1. The Hall–Kier alpha value is -1.43. The zero-order chi connectivity index (χ0) is 16.2. The molecule has 5 nitrogen and oxygen atoms in total. The molecule has 1 amide bonds. The molecule has 1 aromatic rings. The van der Waals surface area contributed by atoms with E-state index in [1.807, 2.05) is 37.4 Å². The molecule has 0 N–H and O–H groups in total. The fraction of sp³-hybridized carbons (Fsp3) is 0.611. The first-order valence-electron chi connectivity index (χ1n) is 8.42. The van der Waals surface area contributed by atoms with Crippen molar-refractivity contribution in [1.29, 1.82) is 0 Å². The lowest BCUT2D eigenvalue weighted by atomic mass is 10.1. The summed E-state index contributed by atoms with van der Waals surface area (Å²) in [5.41, 5.74) is 0.959. The Labute approximate surface area is 138 Å². The second kappa shape index (κ2) is 7.43. The van der Waals surface area contributed by atoms with Crippen molar-refractivity contribution in [2.45, 2.75) is 37.7 Å². The topological polar surface area (TPSA) is 42.0 Å². The summed E-state index contributed by atoms with van der Waals surface area (Å²) in [7, 11) is 3.99. The molecule has 2 fully saturated rings. The number of hydrogen-bond donors (Lipinski definition) is 0. The summed E-state index contributed by atoms with van der Waals surface area (Å²) < 4.78 is 11.6. The molecule has 1 saturated heterocycles. The first-order chi connectivity index (χ1) is 11.1. The number of likely N-dealkylation sites (N-methyl/N-ethyl adjacent to an activating group) is 2. The fourth-order valence-electron chi connectivity index (χ4n) is 2.87. The molecule has 0 radical (unpaired) electrons. The van der Waals surface area contributed by atoms with Crippen LogP contribution in [-0.2, 0) is 14.3 Å². The van der Waals surface area contributed by atoms with Gasteiger partial charge in [0.2, 0.25) is 0 Å². The van der Waals surface area contributed by atoms with Crippen LogP contribution in [0.4, 0.5) is 0 Å². The van der Waals surface area contributed by atoms with E-state index in [9.17, 15) is 4.79 Å². The predicted molar refractivity (Wildman–Crippen MR) is 87.9 cm³/mol. The molecule has 3 rings (SSSR count). The monoisotopic (exact) mass is 318 g/mol. The van der Waals surface area contributed by atoms with Gasteiger partial charge in [-0.15, -0.1) is 0 Å². The third-order valence-electron chi connectivity index (χ3n) is 4.62. The predicted octanol–water partition coefficient (Wildman–Crippen LogP) is 2.04. The molecule has 0 spiro atoms. The van der Waals surface area contributed by atoms with Crippen LogP contribution in [0.15, 0.2) is 30.3 Å². The summed E-state index contributed by atoms with van der Waals surface area (Å²) >= 11 is 0. The number of hydrogen-bond acceptors (Lipinski definition) is 4. The van der Waals surface area contributed by atoms with Gasteiger partial charge in [-0.05, 0) is 19.9 Å². The molecular formula is C18H26N2O3. The molecule has 0 unspecified atom stereocenters. The van der Waals surface area contributed by atoms with Gasteiger partial charge in [0.15, 0.2) is 6.29 Å². The van der Waals surface area contributed by atoms with E-state index in [1.54, 1.807) is 4.90 Å². The Morgan fingerprint density at radius 1 is 1.13 bits per heavy atom. The van der Waals surface area contributed by atoms with Gasteiger partial charge in [0, 0.05) is 38.2 Å². The van der Waals surface area contributed by atoms with Gasteiger partial charge in [-0.25, -0.2) is 0 Å². The standard InChI is InChI=1S/C18H26N2O3/c1-19(15-8-9-15)11-12-20(2)17(21)16-10-13-22-18(23-16)14-6-4-3-5-7-14/h3-7,15-16,18H,8-13H2,1-2H3/t16-,18-/m1/s1. The number of nitrogens with zero attached hydrogens (tertiary/aromatic N) is 2. The van der Waals surface area contributed by atoms with Crippen molar-refractivity contribution >= 4 is 5.91 Å². The average molecular weight is 318 g/mol. The molecule has 1 saturated carbocycles. The number of ether oxygens (including phenoxy) is 2. The molecule has 23 heavy (non-hydrogen) atoms. The van der Waals surface area contributed by atoms with Crippen LogP contribution in [0.2, 0.25) is 0 Å². The van der Waals surface area contributed by atoms with Crippen LogP contribution in [0.3, 0.4) is 0 Å². The Kier molecular flexibility index (Phi) is 5.30. The van der Waals surface area contributed by atoms with Crippen molar-refractivity contribution in [3.63, 3.8) is 0 Å². The lowest BCUT2D eigenvalue weighted by Gasteiger charge is -2.32. The van der Waals surface area contributed by atoms with E-state index < -0.39 is 12.4 Å². The zero-order valence-corrected chi connectivity index (χ0v) is 14.0. The van der Waals surface area contributed by atoms with Gasteiger partial charge < -0.3 is 19.3 Å². The lowest BCUT2D eigenvalue weighted by Crippen LogP contribution is -2.44. The van der Waals surface area contributed by atoms with E-state index in [1.165, 1.54) is 12.8 Å². The highest BCUT2D eigenvalue weighted by molar-refractivity contribution is 5.80. The molecule has 1 aromatic carbocycles. The van der Waals surface area contributed by atoms with E-state index in [4.69, 9.17) is 9.47 Å². The van der Waals surface area contributed by atoms with Crippen LogP contribution in [0.1, 0.15) is 31.1 Å². The maximum absolute atomic E-state index is 12.6. The summed E-state index contributed by atoms with van der Waals surface area (Å²) in [4.78, 5) is 16.7. The number of carbonyl (C=O) groups is 1.